The van der Waals surface area contributed by atoms with Crippen molar-refractivity contribution in [3.63, 3.8) is 0 Å². The summed E-state index contributed by atoms with van der Waals surface area (Å²) < 4.78 is 5.77. The molecule has 2 amide bonds. The second kappa shape index (κ2) is 9.59. The third-order valence-corrected chi connectivity index (χ3v) is 6.97. The number of pyridine rings is 1. The van der Waals surface area contributed by atoms with Crippen molar-refractivity contribution in [1.29, 1.82) is 0 Å². The lowest BCUT2D eigenvalue weighted by atomic mass is 10.0. The lowest BCUT2D eigenvalue weighted by molar-refractivity contribution is 0.0956. The van der Waals surface area contributed by atoms with E-state index in [1.165, 1.54) is 0 Å². The average molecular weight is 497 g/mol. The number of rotatable bonds is 4. The van der Waals surface area contributed by atoms with Crippen molar-refractivity contribution in [1.82, 2.24) is 20.2 Å². The van der Waals surface area contributed by atoms with E-state index in [0.717, 1.165) is 54.1 Å². The number of anilines is 2. The SMILES string of the molecule is CN1CCN(c2ccc(NC(=O)c3cnc4[nH]cc(-c5ccc6c(c5)OCCNC6=O)c4c3)cc2)CC1. The zero-order valence-electron chi connectivity index (χ0n) is 20.6. The minimum absolute atomic E-state index is 0.143. The maximum absolute atomic E-state index is 13.1. The van der Waals surface area contributed by atoms with Gasteiger partial charge < -0.3 is 30.2 Å². The zero-order valence-corrected chi connectivity index (χ0v) is 20.6. The molecule has 1 saturated heterocycles. The number of ether oxygens (including phenoxy) is 1. The van der Waals surface area contributed by atoms with Crippen LogP contribution in [-0.2, 0) is 0 Å². The number of likely N-dealkylation sites (N-methyl/N-ethyl adjacent to an activating group) is 1. The first kappa shape index (κ1) is 23.1. The molecule has 0 unspecified atom stereocenters. The molecular formula is C28H28N6O3. The molecule has 37 heavy (non-hydrogen) atoms. The van der Waals surface area contributed by atoms with Crippen molar-refractivity contribution < 1.29 is 14.3 Å². The van der Waals surface area contributed by atoms with Gasteiger partial charge >= 0.3 is 0 Å². The predicted molar refractivity (Wildman–Crippen MR) is 143 cm³/mol. The van der Waals surface area contributed by atoms with Crippen LogP contribution in [0, 0.1) is 0 Å². The van der Waals surface area contributed by atoms with E-state index in [1.807, 2.05) is 48.7 Å². The Morgan fingerprint density at radius 3 is 2.65 bits per heavy atom. The van der Waals surface area contributed by atoms with Crippen LogP contribution in [0.1, 0.15) is 20.7 Å². The number of aromatic amines is 1. The van der Waals surface area contributed by atoms with Crippen LogP contribution in [0.2, 0.25) is 0 Å². The van der Waals surface area contributed by atoms with Crippen molar-refractivity contribution in [2.75, 3.05) is 56.6 Å². The molecule has 9 heteroatoms. The Hall–Kier alpha value is -4.37. The number of nitrogens with zero attached hydrogens (tertiary/aromatic N) is 3. The summed E-state index contributed by atoms with van der Waals surface area (Å²) >= 11 is 0. The first-order valence-corrected chi connectivity index (χ1v) is 12.4. The Bertz CT molecular complexity index is 1470. The minimum atomic E-state index is -0.226. The number of amides is 2. The van der Waals surface area contributed by atoms with Crippen molar-refractivity contribution in [3.8, 4) is 16.9 Å². The summed E-state index contributed by atoms with van der Waals surface area (Å²) in [5.74, 6) is 0.176. The number of nitrogens with one attached hydrogen (secondary N) is 3. The van der Waals surface area contributed by atoms with Gasteiger partial charge in [-0.3, -0.25) is 9.59 Å². The van der Waals surface area contributed by atoms with Crippen LogP contribution in [-0.4, -0.2) is 73.1 Å². The monoisotopic (exact) mass is 496 g/mol. The first-order chi connectivity index (χ1) is 18.0. The molecule has 9 nitrogen and oxygen atoms in total. The van der Waals surface area contributed by atoms with Gasteiger partial charge in [0.1, 0.15) is 18.0 Å². The lowest BCUT2D eigenvalue weighted by Crippen LogP contribution is -2.44. The van der Waals surface area contributed by atoms with Gasteiger partial charge in [0.05, 0.1) is 17.7 Å². The number of carbonyl (C=O) groups is 2. The van der Waals surface area contributed by atoms with Crippen LogP contribution in [0.25, 0.3) is 22.2 Å². The van der Waals surface area contributed by atoms with E-state index in [2.05, 4.69) is 37.4 Å². The molecule has 6 rings (SSSR count). The van der Waals surface area contributed by atoms with Crippen LogP contribution in [0.3, 0.4) is 0 Å². The highest BCUT2D eigenvalue weighted by atomic mass is 16.5. The number of benzene rings is 2. The molecule has 0 saturated carbocycles. The van der Waals surface area contributed by atoms with Crippen molar-refractivity contribution >= 4 is 34.2 Å². The van der Waals surface area contributed by atoms with Crippen molar-refractivity contribution in [2.24, 2.45) is 0 Å². The molecule has 0 radical (unpaired) electrons. The van der Waals surface area contributed by atoms with Gasteiger partial charge in [-0.2, -0.15) is 0 Å². The summed E-state index contributed by atoms with van der Waals surface area (Å²) in [4.78, 5) is 37.6. The maximum atomic E-state index is 13.1. The first-order valence-electron chi connectivity index (χ1n) is 12.4. The van der Waals surface area contributed by atoms with Crippen LogP contribution < -0.4 is 20.3 Å². The van der Waals surface area contributed by atoms with E-state index >= 15 is 0 Å². The number of fused-ring (bicyclic) bond motifs is 2. The number of hydrogen-bond acceptors (Lipinski definition) is 6. The van der Waals surface area contributed by atoms with Crippen molar-refractivity contribution in [3.05, 3.63) is 72.1 Å². The smallest absolute Gasteiger partial charge is 0.257 e. The summed E-state index contributed by atoms with van der Waals surface area (Å²) in [5, 5.41) is 6.62. The fraction of sp³-hybridized carbons (Fsp3) is 0.250. The summed E-state index contributed by atoms with van der Waals surface area (Å²) in [7, 11) is 2.14. The van der Waals surface area contributed by atoms with Crippen LogP contribution in [0.4, 0.5) is 11.4 Å². The highest BCUT2D eigenvalue weighted by molar-refractivity contribution is 6.07. The third kappa shape index (κ3) is 4.61. The number of H-pyrrole nitrogens is 1. The van der Waals surface area contributed by atoms with E-state index < -0.39 is 0 Å². The molecule has 4 aromatic rings. The number of aromatic nitrogens is 2. The molecule has 0 aliphatic carbocycles. The fourth-order valence-electron chi connectivity index (χ4n) is 4.81. The van der Waals surface area contributed by atoms with Gasteiger partial charge in [0.15, 0.2) is 0 Å². The van der Waals surface area contributed by atoms with Crippen LogP contribution in [0.15, 0.2) is 60.9 Å². The Balaban J connectivity index is 1.22. The van der Waals surface area contributed by atoms with Gasteiger partial charge in [-0.25, -0.2) is 4.98 Å². The second-order valence-electron chi connectivity index (χ2n) is 9.43. The topological polar surface area (TPSA) is 103 Å². The average Bonchev–Trinajstić information content (AvgIpc) is 3.26. The van der Waals surface area contributed by atoms with Gasteiger partial charge in [0.25, 0.3) is 11.8 Å². The molecule has 0 bridgehead atoms. The molecule has 188 valence electrons. The largest absolute Gasteiger partial charge is 0.491 e. The Labute approximate surface area is 214 Å². The number of piperazine rings is 1. The van der Waals surface area contributed by atoms with E-state index in [0.29, 0.717) is 35.7 Å². The minimum Gasteiger partial charge on any atom is -0.491 e. The molecule has 2 aromatic heterocycles. The molecule has 1 fully saturated rings. The van der Waals surface area contributed by atoms with Gasteiger partial charge in [-0.15, -0.1) is 0 Å². The zero-order chi connectivity index (χ0) is 25.4. The molecule has 0 atom stereocenters. The van der Waals surface area contributed by atoms with Crippen LogP contribution in [0.5, 0.6) is 5.75 Å². The Morgan fingerprint density at radius 2 is 1.84 bits per heavy atom. The number of carbonyl (C=O) groups excluding carboxylic acids is 2. The highest BCUT2D eigenvalue weighted by Gasteiger charge is 2.19. The second-order valence-corrected chi connectivity index (χ2v) is 9.43. The summed E-state index contributed by atoms with van der Waals surface area (Å²) in [6.07, 6.45) is 3.43. The predicted octanol–water partition coefficient (Wildman–Crippen LogP) is 3.36. The van der Waals surface area contributed by atoms with Gasteiger partial charge in [0, 0.05) is 60.9 Å². The Morgan fingerprint density at radius 1 is 1.03 bits per heavy atom. The van der Waals surface area contributed by atoms with E-state index in [4.69, 9.17) is 4.74 Å². The molecular weight excluding hydrogens is 468 g/mol. The molecule has 2 aliphatic heterocycles. The molecule has 2 aromatic carbocycles. The van der Waals surface area contributed by atoms with E-state index in [1.54, 1.807) is 12.3 Å². The highest BCUT2D eigenvalue weighted by Crippen LogP contribution is 2.33. The fourth-order valence-corrected chi connectivity index (χ4v) is 4.81. The van der Waals surface area contributed by atoms with Gasteiger partial charge in [-0.05, 0) is 55.1 Å². The molecule has 2 aliphatic rings. The maximum Gasteiger partial charge on any atom is 0.257 e. The van der Waals surface area contributed by atoms with E-state index in [-0.39, 0.29) is 11.8 Å². The molecule has 4 heterocycles. The number of hydrogen-bond donors (Lipinski definition) is 3. The van der Waals surface area contributed by atoms with E-state index in [9.17, 15) is 9.59 Å². The standard InChI is InChI=1S/C28H28N6O3/c1-33-9-11-34(12-10-33)21-5-3-20(4-6-21)32-27(35)19-14-23-24(17-31-26(23)30-16-19)18-2-7-22-25(15-18)37-13-8-29-28(22)36/h2-7,14-17H,8-13H2,1H3,(H,29,36)(H,30,31)(H,32,35). The van der Waals surface area contributed by atoms with Gasteiger partial charge in [0.2, 0.25) is 0 Å². The molecule has 3 N–H and O–H groups in total. The summed E-state index contributed by atoms with van der Waals surface area (Å²) in [6.45, 7) is 4.97. The van der Waals surface area contributed by atoms with Crippen LogP contribution >= 0.6 is 0 Å². The van der Waals surface area contributed by atoms with Gasteiger partial charge in [-0.1, -0.05) is 6.07 Å². The third-order valence-electron chi connectivity index (χ3n) is 6.97. The summed E-state index contributed by atoms with van der Waals surface area (Å²) in [6, 6.07) is 15.3. The molecule has 0 spiro atoms. The lowest BCUT2D eigenvalue weighted by Gasteiger charge is -2.34. The normalized spacial score (nSPS) is 16.0. The quantitative estimate of drug-likeness (QED) is 0.401. The Kier molecular flexibility index (Phi) is 5.97. The van der Waals surface area contributed by atoms with Crippen molar-refractivity contribution in [2.45, 2.75) is 0 Å². The summed E-state index contributed by atoms with van der Waals surface area (Å²) in [5.41, 5.74) is 5.30.